The van der Waals surface area contributed by atoms with Crippen molar-refractivity contribution < 1.29 is 28.7 Å². The second kappa shape index (κ2) is 6.44. The van der Waals surface area contributed by atoms with Crippen LogP contribution in [-0.2, 0) is 34.1 Å². The van der Waals surface area contributed by atoms with Gasteiger partial charge in [-0.25, -0.2) is 4.79 Å². The van der Waals surface area contributed by atoms with Crippen LogP contribution < -0.4 is 10.2 Å². The molecule has 0 aliphatic carbocycles. The van der Waals surface area contributed by atoms with E-state index in [1.165, 1.54) is 11.9 Å². The van der Waals surface area contributed by atoms with E-state index in [4.69, 9.17) is 9.47 Å². The van der Waals surface area contributed by atoms with E-state index in [-0.39, 0.29) is 13.2 Å². The van der Waals surface area contributed by atoms with Crippen molar-refractivity contribution >= 4 is 29.4 Å². The molecule has 3 atom stereocenters. The predicted octanol–water partition coefficient (Wildman–Crippen LogP) is 0.142. The molecule has 1 aromatic rings. The van der Waals surface area contributed by atoms with Crippen molar-refractivity contribution in [1.82, 2.24) is 5.32 Å². The molecule has 1 aromatic carbocycles. The number of carbonyl (C=O) groups excluding carboxylic acids is 4. The monoisotopic (exact) mass is 360 g/mol. The summed E-state index contributed by atoms with van der Waals surface area (Å²) >= 11 is 0. The van der Waals surface area contributed by atoms with Crippen molar-refractivity contribution in [3.8, 4) is 0 Å². The van der Waals surface area contributed by atoms with Crippen LogP contribution >= 0.6 is 0 Å². The fourth-order valence-corrected chi connectivity index (χ4v) is 3.81. The summed E-state index contributed by atoms with van der Waals surface area (Å²) in [5.74, 6) is -4.16. The summed E-state index contributed by atoms with van der Waals surface area (Å²) in [6, 6.07) is 5.44. The number of fused-ring (bicyclic) bond motifs is 2. The molecule has 8 nitrogen and oxygen atoms in total. The zero-order chi connectivity index (χ0) is 19.1. The Labute approximate surface area is 150 Å². The lowest BCUT2D eigenvalue weighted by Gasteiger charge is -2.27. The Balaban J connectivity index is 2.21. The maximum absolute atomic E-state index is 13.1. The molecule has 0 saturated carbocycles. The van der Waals surface area contributed by atoms with Gasteiger partial charge in [-0.1, -0.05) is 18.2 Å². The van der Waals surface area contributed by atoms with Crippen molar-refractivity contribution in [2.24, 2.45) is 5.92 Å². The van der Waals surface area contributed by atoms with E-state index in [1.54, 1.807) is 38.1 Å². The highest BCUT2D eigenvalue weighted by Gasteiger charge is 2.70. The van der Waals surface area contributed by atoms with Gasteiger partial charge in [0.25, 0.3) is 0 Å². The second-order valence-electron chi connectivity index (χ2n) is 6.12. The number of ether oxygens (including phenoxy) is 2. The highest BCUT2D eigenvalue weighted by atomic mass is 16.5. The van der Waals surface area contributed by atoms with Gasteiger partial charge in [-0.05, 0) is 19.9 Å². The van der Waals surface area contributed by atoms with Gasteiger partial charge in [0.2, 0.25) is 11.8 Å². The largest absolute Gasteiger partial charge is 0.466 e. The summed E-state index contributed by atoms with van der Waals surface area (Å²) in [7, 11) is 1.53. The molecule has 2 amide bonds. The SMILES string of the molecule is CCOC(=O)[C@@H]1NC(=O)[C@]2(C(=O)N(C)c3ccccc32)[C@H]1C(=O)OCC. The highest BCUT2D eigenvalue weighted by molar-refractivity contribution is 6.26. The van der Waals surface area contributed by atoms with Gasteiger partial charge in [-0.2, -0.15) is 0 Å². The first-order chi connectivity index (χ1) is 12.4. The summed E-state index contributed by atoms with van der Waals surface area (Å²) in [6.45, 7) is 3.37. The zero-order valence-electron chi connectivity index (χ0n) is 14.8. The van der Waals surface area contributed by atoms with Crippen LogP contribution in [0.4, 0.5) is 5.69 Å². The number of para-hydroxylation sites is 1. The van der Waals surface area contributed by atoms with Crippen LogP contribution in [0, 0.1) is 5.92 Å². The minimum atomic E-state index is -1.84. The van der Waals surface area contributed by atoms with Crippen LogP contribution in [0.15, 0.2) is 24.3 Å². The number of benzene rings is 1. The minimum absolute atomic E-state index is 0.0564. The topological polar surface area (TPSA) is 102 Å². The number of likely N-dealkylation sites (N-methyl/N-ethyl adjacent to an activating group) is 1. The lowest BCUT2D eigenvalue weighted by molar-refractivity contribution is -0.159. The van der Waals surface area contributed by atoms with Gasteiger partial charge in [0.1, 0.15) is 12.0 Å². The molecular formula is C18H20N2O6. The van der Waals surface area contributed by atoms with Crippen molar-refractivity contribution in [2.45, 2.75) is 25.3 Å². The Morgan fingerprint density at radius 2 is 1.73 bits per heavy atom. The molecule has 0 radical (unpaired) electrons. The Hall–Kier alpha value is -2.90. The van der Waals surface area contributed by atoms with Crippen molar-refractivity contribution in [2.75, 3.05) is 25.2 Å². The normalized spacial score (nSPS) is 26.7. The van der Waals surface area contributed by atoms with E-state index in [0.717, 1.165) is 0 Å². The minimum Gasteiger partial charge on any atom is -0.466 e. The Morgan fingerprint density at radius 3 is 2.38 bits per heavy atom. The van der Waals surface area contributed by atoms with Crippen molar-refractivity contribution in [1.29, 1.82) is 0 Å². The molecule has 1 saturated heterocycles. The third-order valence-electron chi connectivity index (χ3n) is 4.86. The van der Waals surface area contributed by atoms with Gasteiger partial charge >= 0.3 is 11.9 Å². The third-order valence-corrected chi connectivity index (χ3v) is 4.86. The molecule has 0 bridgehead atoms. The van der Waals surface area contributed by atoms with Crippen LogP contribution in [0.25, 0.3) is 0 Å². The Kier molecular flexibility index (Phi) is 4.43. The summed E-state index contributed by atoms with van der Waals surface area (Å²) in [5.41, 5.74) is -0.934. The van der Waals surface area contributed by atoms with Gasteiger partial charge in [-0.3, -0.25) is 14.4 Å². The molecule has 26 heavy (non-hydrogen) atoms. The smallest absolute Gasteiger partial charge is 0.329 e. The zero-order valence-corrected chi connectivity index (χ0v) is 14.8. The molecule has 8 heteroatoms. The number of amides is 2. The van der Waals surface area contributed by atoms with Crippen LogP contribution in [0.5, 0.6) is 0 Å². The molecule has 138 valence electrons. The maximum Gasteiger partial charge on any atom is 0.329 e. The number of nitrogens with one attached hydrogen (secondary N) is 1. The van der Waals surface area contributed by atoms with E-state index < -0.39 is 41.1 Å². The highest BCUT2D eigenvalue weighted by Crippen LogP contribution is 2.50. The van der Waals surface area contributed by atoms with E-state index in [9.17, 15) is 19.2 Å². The van der Waals surface area contributed by atoms with Crippen LogP contribution in [-0.4, -0.2) is 50.1 Å². The summed E-state index contributed by atoms with van der Waals surface area (Å²) in [4.78, 5) is 52.6. The van der Waals surface area contributed by atoms with Gasteiger partial charge < -0.3 is 19.7 Å². The first kappa shape index (κ1) is 17.9. The van der Waals surface area contributed by atoms with Gasteiger partial charge in [0.15, 0.2) is 5.41 Å². The number of anilines is 1. The lowest BCUT2D eigenvalue weighted by Crippen LogP contribution is -2.52. The van der Waals surface area contributed by atoms with Gasteiger partial charge in [0, 0.05) is 18.3 Å². The number of hydrogen-bond donors (Lipinski definition) is 1. The number of nitrogens with zero attached hydrogens (tertiary/aromatic N) is 1. The first-order valence-electron chi connectivity index (χ1n) is 8.43. The van der Waals surface area contributed by atoms with Crippen LogP contribution in [0.1, 0.15) is 19.4 Å². The van der Waals surface area contributed by atoms with Gasteiger partial charge in [-0.15, -0.1) is 0 Å². The summed E-state index contributed by atoms with van der Waals surface area (Å²) in [6.07, 6.45) is 0. The molecule has 1 fully saturated rings. The molecule has 1 spiro atoms. The molecule has 2 heterocycles. The first-order valence-corrected chi connectivity index (χ1v) is 8.43. The molecule has 2 aliphatic heterocycles. The van der Waals surface area contributed by atoms with E-state index in [0.29, 0.717) is 11.3 Å². The van der Waals surface area contributed by atoms with E-state index in [1.807, 2.05) is 0 Å². The molecule has 2 aliphatic rings. The lowest BCUT2D eigenvalue weighted by atomic mass is 9.70. The number of hydrogen-bond acceptors (Lipinski definition) is 6. The van der Waals surface area contributed by atoms with Crippen molar-refractivity contribution in [3.63, 3.8) is 0 Å². The molecular weight excluding hydrogens is 340 g/mol. The fraction of sp³-hybridized carbons (Fsp3) is 0.444. The van der Waals surface area contributed by atoms with Crippen molar-refractivity contribution in [3.05, 3.63) is 29.8 Å². The summed E-state index contributed by atoms with van der Waals surface area (Å²) < 4.78 is 10.1. The standard InChI is InChI=1S/C18H20N2O6/c1-4-25-14(21)12-13(15(22)26-5-2)19-16(23)18(12)10-8-6-7-9-11(10)20(3)17(18)24/h6-9,12-13H,4-5H2,1-3H3,(H,19,23)/t12-,13-,18-/m1/s1. The van der Waals surface area contributed by atoms with Crippen LogP contribution in [0.2, 0.25) is 0 Å². The van der Waals surface area contributed by atoms with E-state index in [2.05, 4.69) is 5.32 Å². The molecule has 0 unspecified atom stereocenters. The average molecular weight is 360 g/mol. The number of rotatable bonds is 4. The molecule has 0 aromatic heterocycles. The Morgan fingerprint density at radius 1 is 1.12 bits per heavy atom. The second-order valence-corrected chi connectivity index (χ2v) is 6.12. The molecule has 3 rings (SSSR count). The van der Waals surface area contributed by atoms with E-state index >= 15 is 0 Å². The quantitative estimate of drug-likeness (QED) is 0.605. The fourth-order valence-electron chi connectivity index (χ4n) is 3.81. The third kappa shape index (κ3) is 2.21. The average Bonchev–Trinajstić information content (AvgIpc) is 3.05. The van der Waals surface area contributed by atoms with Gasteiger partial charge in [0.05, 0.1) is 13.2 Å². The number of carbonyl (C=O) groups is 4. The maximum atomic E-state index is 13.1. The van der Waals surface area contributed by atoms with Crippen LogP contribution in [0.3, 0.4) is 0 Å². The summed E-state index contributed by atoms with van der Waals surface area (Å²) in [5, 5.41) is 2.49. The Bertz CT molecular complexity index is 792. The number of esters is 2. The molecule has 1 N–H and O–H groups in total. The predicted molar refractivity (Wildman–Crippen MR) is 90.2 cm³/mol.